The van der Waals surface area contributed by atoms with Gasteiger partial charge in [0, 0.05) is 23.2 Å². The standard InChI is InChI=1S/C12H6N4S.Ru/c1-3-7-9(13-5-1)10-8(4-2-6-14-10)12-11(7)15-17-16-12;/h1-6H;/q;+2. The summed E-state index contributed by atoms with van der Waals surface area (Å²) < 4.78 is 8.72. The Balaban J connectivity index is 0.000001000. The maximum absolute atomic E-state index is 4.41. The van der Waals surface area contributed by atoms with Gasteiger partial charge in [0.2, 0.25) is 0 Å². The van der Waals surface area contributed by atoms with E-state index in [-0.39, 0.29) is 19.5 Å². The molecule has 4 nitrogen and oxygen atoms in total. The first-order valence-electron chi connectivity index (χ1n) is 5.19. The molecule has 0 saturated heterocycles. The molecule has 0 bridgehead atoms. The topological polar surface area (TPSA) is 51.6 Å². The van der Waals surface area contributed by atoms with Crippen LogP contribution >= 0.6 is 11.7 Å². The van der Waals surface area contributed by atoms with Gasteiger partial charge in [-0.1, -0.05) is 0 Å². The van der Waals surface area contributed by atoms with Crippen LogP contribution in [0.25, 0.3) is 32.8 Å². The van der Waals surface area contributed by atoms with Crippen LogP contribution in [0.2, 0.25) is 0 Å². The summed E-state index contributed by atoms with van der Waals surface area (Å²) in [7, 11) is 0. The van der Waals surface area contributed by atoms with Crippen molar-refractivity contribution in [3.63, 3.8) is 0 Å². The van der Waals surface area contributed by atoms with E-state index in [0.29, 0.717) is 0 Å². The van der Waals surface area contributed by atoms with Gasteiger partial charge in [-0.25, -0.2) is 0 Å². The summed E-state index contributed by atoms with van der Waals surface area (Å²) in [6.45, 7) is 0. The molecule has 1 aromatic carbocycles. The molecule has 0 N–H and O–H groups in total. The molecule has 0 amide bonds. The minimum absolute atomic E-state index is 0. The first-order chi connectivity index (χ1) is 8.45. The zero-order valence-corrected chi connectivity index (χ0v) is 11.6. The second kappa shape index (κ2) is 4.30. The molecule has 0 saturated carbocycles. The summed E-state index contributed by atoms with van der Waals surface area (Å²) >= 11 is 1.23. The second-order valence-corrected chi connectivity index (χ2v) is 4.29. The summed E-state index contributed by atoms with van der Waals surface area (Å²) in [5.74, 6) is 0. The smallest absolute Gasteiger partial charge is 0.254 e. The van der Waals surface area contributed by atoms with E-state index in [2.05, 4.69) is 18.7 Å². The van der Waals surface area contributed by atoms with E-state index in [1.807, 2.05) is 24.3 Å². The first kappa shape index (κ1) is 11.6. The number of fused-ring (bicyclic) bond motifs is 6. The molecule has 0 aliphatic rings. The predicted octanol–water partition coefficient (Wildman–Crippen LogP) is 2.79. The molecule has 86 valence electrons. The van der Waals surface area contributed by atoms with Crippen LogP contribution in [0.15, 0.2) is 36.7 Å². The average Bonchev–Trinajstić information content (AvgIpc) is 2.89. The van der Waals surface area contributed by atoms with Gasteiger partial charge in [0.15, 0.2) is 0 Å². The van der Waals surface area contributed by atoms with Crippen molar-refractivity contribution in [2.45, 2.75) is 0 Å². The molecule has 0 spiro atoms. The molecule has 0 unspecified atom stereocenters. The van der Waals surface area contributed by atoms with Gasteiger partial charge in [-0.3, -0.25) is 9.97 Å². The van der Waals surface area contributed by atoms with Gasteiger partial charge < -0.3 is 0 Å². The molecule has 18 heavy (non-hydrogen) atoms. The van der Waals surface area contributed by atoms with Gasteiger partial charge in [0.1, 0.15) is 11.0 Å². The van der Waals surface area contributed by atoms with Crippen LogP contribution in [-0.2, 0) is 19.5 Å². The van der Waals surface area contributed by atoms with Crippen LogP contribution in [0.1, 0.15) is 0 Å². The predicted molar refractivity (Wildman–Crippen MR) is 68.0 cm³/mol. The molecule has 0 radical (unpaired) electrons. The van der Waals surface area contributed by atoms with Crippen LogP contribution < -0.4 is 0 Å². The van der Waals surface area contributed by atoms with Crippen LogP contribution in [-0.4, -0.2) is 18.7 Å². The molecular weight excluding hydrogens is 333 g/mol. The summed E-state index contributed by atoms with van der Waals surface area (Å²) in [6, 6.07) is 7.85. The van der Waals surface area contributed by atoms with Crippen molar-refractivity contribution in [2.24, 2.45) is 0 Å². The van der Waals surface area contributed by atoms with Crippen molar-refractivity contribution in [3.8, 4) is 0 Å². The molecule has 0 fully saturated rings. The minimum atomic E-state index is 0. The Morgan fingerprint density at radius 3 is 1.72 bits per heavy atom. The molecule has 4 rings (SSSR count). The zero-order valence-electron chi connectivity index (χ0n) is 9.01. The third-order valence-corrected chi connectivity index (χ3v) is 3.37. The normalized spacial score (nSPS) is 10.9. The van der Waals surface area contributed by atoms with Gasteiger partial charge >= 0.3 is 19.5 Å². The van der Waals surface area contributed by atoms with Crippen molar-refractivity contribution in [3.05, 3.63) is 36.7 Å². The SMILES string of the molecule is [Ru+2].c1cnc2c(c1)c1nsnc1c1cccnc12. The molecule has 0 aliphatic heterocycles. The monoisotopic (exact) mass is 340 g/mol. The molecule has 0 atom stereocenters. The zero-order chi connectivity index (χ0) is 11.2. The summed E-state index contributed by atoms with van der Waals surface area (Å²) in [5, 5.41) is 2.03. The number of benzene rings is 1. The van der Waals surface area contributed by atoms with Gasteiger partial charge in [0.25, 0.3) is 0 Å². The van der Waals surface area contributed by atoms with Crippen molar-refractivity contribution in [1.29, 1.82) is 0 Å². The van der Waals surface area contributed by atoms with E-state index >= 15 is 0 Å². The average molecular weight is 339 g/mol. The number of hydrogen-bond acceptors (Lipinski definition) is 5. The van der Waals surface area contributed by atoms with Crippen LogP contribution in [0.3, 0.4) is 0 Å². The Bertz CT molecular complexity index is 788. The first-order valence-corrected chi connectivity index (χ1v) is 5.92. The molecule has 4 aromatic rings. The molecule has 3 aromatic heterocycles. The molecular formula is C12H6N4RuS+2. The minimum Gasteiger partial charge on any atom is -0.254 e. The second-order valence-electron chi connectivity index (χ2n) is 3.76. The van der Waals surface area contributed by atoms with Gasteiger partial charge in [-0.05, 0) is 24.3 Å². The molecule has 6 heteroatoms. The fourth-order valence-corrected chi connectivity index (χ4v) is 2.69. The number of pyridine rings is 2. The van der Waals surface area contributed by atoms with Crippen molar-refractivity contribution in [1.82, 2.24) is 18.7 Å². The van der Waals surface area contributed by atoms with E-state index in [9.17, 15) is 0 Å². The Morgan fingerprint density at radius 1 is 0.722 bits per heavy atom. The number of rotatable bonds is 0. The number of hydrogen-bond donors (Lipinski definition) is 0. The Hall–Kier alpha value is -1.52. The van der Waals surface area contributed by atoms with Crippen molar-refractivity contribution < 1.29 is 19.5 Å². The molecule has 0 aliphatic carbocycles. The Morgan fingerprint density at radius 2 is 1.22 bits per heavy atom. The van der Waals surface area contributed by atoms with Crippen LogP contribution in [0, 0.1) is 0 Å². The maximum atomic E-state index is 4.41. The summed E-state index contributed by atoms with van der Waals surface area (Å²) in [4.78, 5) is 8.83. The van der Waals surface area contributed by atoms with E-state index in [4.69, 9.17) is 0 Å². The van der Waals surface area contributed by atoms with Crippen molar-refractivity contribution >= 4 is 44.6 Å². The van der Waals surface area contributed by atoms with Crippen LogP contribution in [0.5, 0.6) is 0 Å². The maximum Gasteiger partial charge on any atom is 2.00 e. The third-order valence-electron chi connectivity index (χ3n) is 2.84. The van der Waals surface area contributed by atoms with Gasteiger partial charge in [-0.15, -0.1) is 0 Å². The quantitative estimate of drug-likeness (QED) is 0.365. The largest absolute Gasteiger partial charge is 2.00 e. The molecule has 3 heterocycles. The van der Waals surface area contributed by atoms with E-state index in [1.165, 1.54) is 11.7 Å². The van der Waals surface area contributed by atoms with Crippen LogP contribution in [0.4, 0.5) is 0 Å². The van der Waals surface area contributed by atoms with E-state index < -0.39 is 0 Å². The van der Waals surface area contributed by atoms with Gasteiger partial charge in [-0.2, -0.15) is 8.75 Å². The fourth-order valence-electron chi connectivity index (χ4n) is 2.11. The number of nitrogens with zero attached hydrogens (tertiary/aromatic N) is 4. The summed E-state index contributed by atoms with van der Waals surface area (Å²) in [6.07, 6.45) is 3.56. The number of aromatic nitrogens is 4. The Labute approximate surface area is 119 Å². The van der Waals surface area contributed by atoms with Crippen molar-refractivity contribution in [2.75, 3.05) is 0 Å². The fraction of sp³-hybridized carbons (Fsp3) is 0. The van der Waals surface area contributed by atoms with E-state index in [0.717, 1.165) is 32.8 Å². The summed E-state index contributed by atoms with van der Waals surface area (Å²) in [5.41, 5.74) is 3.61. The van der Waals surface area contributed by atoms with E-state index in [1.54, 1.807) is 12.4 Å². The third kappa shape index (κ3) is 1.46. The van der Waals surface area contributed by atoms with Gasteiger partial charge in [0.05, 0.1) is 22.8 Å². The Kier molecular flexibility index (Phi) is 2.76.